The Balaban J connectivity index is 2.65. The number of alkyl halides is 4. The third-order valence-electron chi connectivity index (χ3n) is 2.24. The number of rotatable bonds is 4. The van der Waals surface area contributed by atoms with Gasteiger partial charge in [-0.25, -0.2) is 0 Å². The molecule has 1 aromatic carbocycles. The molecule has 100 valence electrons. The first-order chi connectivity index (χ1) is 8.34. The van der Waals surface area contributed by atoms with Crippen LogP contribution in [0.15, 0.2) is 24.3 Å². The predicted octanol–water partition coefficient (Wildman–Crippen LogP) is 2.09. The van der Waals surface area contributed by atoms with Crippen molar-refractivity contribution in [3.63, 3.8) is 0 Å². The van der Waals surface area contributed by atoms with Crippen molar-refractivity contribution in [3.8, 4) is 0 Å². The molecule has 0 heterocycles. The summed E-state index contributed by atoms with van der Waals surface area (Å²) in [5.41, 5.74) is -0.499. The maximum atomic E-state index is 12.3. The van der Waals surface area contributed by atoms with E-state index in [4.69, 9.17) is 11.6 Å². The normalized spacial score (nSPS) is 13.2. The van der Waals surface area contributed by atoms with E-state index in [2.05, 4.69) is 5.32 Å². The maximum Gasteiger partial charge on any atom is 0.416 e. The van der Waals surface area contributed by atoms with Crippen molar-refractivity contribution in [2.75, 3.05) is 12.4 Å². The number of halogens is 4. The highest BCUT2D eigenvalue weighted by Gasteiger charge is 2.30. The maximum absolute atomic E-state index is 12.3. The summed E-state index contributed by atoms with van der Waals surface area (Å²) in [6.45, 7) is -0.100. The summed E-state index contributed by atoms with van der Waals surface area (Å²) >= 11 is 5.23. The van der Waals surface area contributed by atoms with Gasteiger partial charge in [-0.05, 0) is 17.7 Å². The lowest BCUT2D eigenvalue weighted by atomic mass is 10.1. The van der Waals surface area contributed by atoms with Crippen LogP contribution in [-0.4, -0.2) is 23.4 Å². The standard InChI is InChI=1S/C11H11ClF3NO2/c12-5-10(18)16-6-9(17)7-1-3-8(4-2-7)11(13,14)15/h1-4,9,17H,5-6H2,(H,16,18). The quantitative estimate of drug-likeness (QED) is 0.831. The Kier molecular flexibility index (Phi) is 4.98. The molecule has 7 heteroatoms. The molecule has 18 heavy (non-hydrogen) atoms. The minimum absolute atomic E-state index is 0.100. The third-order valence-corrected chi connectivity index (χ3v) is 2.48. The van der Waals surface area contributed by atoms with Gasteiger partial charge in [-0.15, -0.1) is 11.6 Å². The van der Waals surface area contributed by atoms with Crippen LogP contribution in [0.25, 0.3) is 0 Å². The van der Waals surface area contributed by atoms with Gasteiger partial charge >= 0.3 is 6.18 Å². The van der Waals surface area contributed by atoms with Crippen LogP contribution < -0.4 is 5.32 Å². The van der Waals surface area contributed by atoms with Gasteiger partial charge in [-0.1, -0.05) is 12.1 Å². The van der Waals surface area contributed by atoms with Crippen LogP contribution >= 0.6 is 11.6 Å². The summed E-state index contributed by atoms with van der Waals surface area (Å²) in [6.07, 6.45) is -5.48. The van der Waals surface area contributed by atoms with Crippen molar-refractivity contribution in [1.29, 1.82) is 0 Å². The predicted molar refractivity (Wildman–Crippen MR) is 60.1 cm³/mol. The van der Waals surface area contributed by atoms with E-state index in [1.807, 2.05) is 0 Å². The Morgan fingerprint density at radius 3 is 2.33 bits per heavy atom. The minimum atomic E-state index is -4.41. The van der Waals surface area contributed by atoms with E-state index in [9.17, 15) is 23.1 Å². The van der Waals surface area contributed by atoms with Crippen LogP contribution in [0, 0.1) is 0 Å². The number of benzene rings is 1. The fourth-order valence-electron chi connectivity index (χ4n) is 1.27. The summed E-state index contributed by atoms with van der Waals surface area (Å²) in [7, 11) is 0. The van der Waals surface area contributed by atoms with Gasteiger partial charge in [-0.2, -0.15) is 13.2 Å². The highest BCUT2D eigenvalue weighted by atomic mass is 35.5. The molecule has 1 unspecified atom stereocenters. The van der Waals surface area contributed by atoms with Crippen molar-refractivity contribution in [1.82, 2.24) is 5.32 Å². The average molecular weight is 282 g/mol. The summed E-state index contributed by atoms with van der Waals surface area (Å²) in [5.74, 6) is -0.692. The van der Waals surface area contributed by atoms with Crippen LogP contribution in [-0.2, 0) is 11.0 Å². The second kappa shape index (κ2) is 6.06. The van der Waals surface area contributed by atoms with E-state index in [0.717, 1.165) is 12.1 Å². The van der Waals surface area contributed by atoms with Gasteiger partial charge in [0.05, 0.1) is 11.7 Å². The van der Waals surface area contributed by atoms with Gasteiger partial charge in [-0.3, -0.25) is 4.79 Å². The molecule has 0 saturated carbocycles. The number of carbonyl (C=O) groups excluding carboxylic acids is 1. The number of aliphatic hydroxyl groups is 1. The molecule has 2 N–H and O–H groups in total. The molecule has 0 fully saturated rings. The molecule has 0 radical (unpaired) electrons. The lowest BCUT2D eigenvalue weighted by Crippen LogP contribution is -2.29. The molecule has 0 aliphatic carbocycles. The molecule has 1 amide bonds. The SMILES string of the molecule is O=C(CCl)NCC(O)c1ccc(C(F)(F)F)cc1. The van der Waals surface area contributed by atoms with Crippen LogP contribution in [0.5, 0.6) is 0 Å². The summed E-state index contributed by atoms with van der Waals surface area (Å²) in [5, 5.41) is 12.0. The van der Waals surface area contributed by atoms with E-state index in [1.165, 1.54) is 12.1 Å². The summed E-state index contributed by atoms with van der Waals surface area (Å²) in [4.78, 5) is 10.8. The molecule has 1 atom stereocenters. The molecule has 3 nitrogen and oxygen atoms in total. The van der Waals surface area contributed by atoms with Crippen LogP contribution in [0.4, 0.5) is 13.2 Å². The Morgan fingerprint density at radius 1 is 1.33 bits per heavy atom. The van der Waals surface area contributed by atoms with Crippen molar-refractivity contribution in [3.05, 3.63) is 35.4 Å². The fourth-order valence-corrected chi connectivity index (χ4v) is 1.36. The first-order valence-corrected chi connectivity index (χ1v) is 5.56. The Morgan fingerprint density at radius 2 is 1.89 bits per heavy atom. The highest BCUT2D eigenvalue weighted by Crippen LogP contribution is 2.29. The summed E-state index contributed by atoms with van der Waals surface area (Å²) in [6, 6.07) is 4.09. The van der Waals surface area contributed by atoms with Crippen LogP contribution in [0.1, 0.15) is 17.2 Å². The monoisotopic (exact) mass is 281 g/mol. The first kappa shape index (κ1) is 14.8. The van der Waals surface area contributed by atoms with Crippen LogP contribution in [0.2, 0.25) is 0 Å². The van der Waals surface area contributed by atoms with E-state index < -0.39 is 23.8 Å². The van der Waals surface area contributed by atoms with Gasteiger partial charge < -0.3 is 10.4 Å². The first-order valence-electron chi connectivity index (χ1n) is 5.02. The molecule has 0 saturated heterocycles. The molecular weight excluding hydrogens is 271 g/mol. The van der Waals surface area contributed by atoms with E-state index in [0.29, 0.717) is 0 Å². The number of hydrogen-bond acceptors (Lipinski definition) is 2. The lowest BCUT2D eigenvalue weighted by molar-refractivity contribution is -0.137. The van der Waals surface area contributed by atoms with E-state index >= 15 is 0 Å². The topological polar surface area (TPSA) is 49.3 Å². The zero-order chi connectivity index (χ0) is 13.8. The second-order valence-electron chi connectivity index (χ2n) is 3.57. The van der Waals surface area contributed by atoms with Gasteiger partial charge in [0.25, 0.3) is 0 Å². The van der Waals surface area contributed by atoms with Crippen molar-refractivity contribution in [2.24, 2.45) is 0 Å². The highest BCUT2D eigenvalue weighted by molar-refractivity contribution is 6.27. The fraction of sp³-hybridized carbons (Fsp3) is 0.364. The second-order valence-corrected chi connectivity index (χ2v) is 3.84. The van der Waals surface area contributed by atoms with Crippen molar-refractivity contribution >= 4 is 17.5 Å². The van der Waals surface area contributed by atoms with Crippen molar-refractivity contribution in [2.45, 2.75) is 12.3 Å². The zero-order valence-electron chi connectivity index (χ0n) is 9.17. The molecule has 0 bridgehead atoms. The Hall–Kier alpha value is -1.27. The smallest absolute Gasteiger partial charge is 0.387 e. The average Bonchev–Trinajstić information content (AvgIpc) is 2.34. The molecule has 1 aromatic rings. The van der Waals surface area contributed by atoms with Crippen molar-refractivity contribution < 1.29 is 23.1 Å². The van der Waals surface area contributed by atoms with Gasteiger partial charge in [0.2, 0.25) is 5.91 Å². The molecular formula is C11H11ClF3NO2. The summed E-state index contributed by atoms with van der Waals surface area (Å²) < 4.78 is 36.9. The Bertz CT molecular complexity index is 406. The number of hydrogen-bond donors (Lipinski definition) is 2. The Labute approximate surface area is 107 Å². The minimum Gasteiger partial charge on any atom is -0.387 e. The van der Waals surface area contributed by atoms with Gasteiger partial charge in [0.15, 0.2) is 0 Å². The largest absolute Gasteiger partial charge is 0.416 e. The zero-order valence-corrected chi connectivity index (χ0v) is 9.92. The lowest BCUT2D eigenvalue weighted by Gasteiger charge is -2.13. The molecule has 0 spiro atoms. The number of aliphatic hydroxyl groups excluding tert-OH is 1. The van der Waals surface area contributed by atoms with E-state index in [-0.39, 0.29) is 18.0 Å². The van der Waals surface area contributed by atoms with Crippen LogP contribution in [0.3, 0.4) is 0 Å². The van der Waals surface area contributed by atoms with Gasteiger partial charge in [0, 0.05) is 6.54 Å². The molecule has 0 aliphatic rings. The number of nitrogens with one attached hydrogen (secondary N) is 1. The third kappa shape index (κ3) is 4.19. The van der Waals surface area contributed by atoms with E-state index in [1.54, 1.807) is 0 Å². The molecule has 0 aromatic heterocycles. The number of amides is 1. The molecule has 1 rings (SSSR count). The molecule has 0 aliphatic heterocycles. The number of carbonyl (C=O) groups is 1. The van der Waals surface area contributed by atoms with Gasteiger partial charge in [0.1, 0.15) is 5.88 Å².